The molecule has 0 N–H and O–H groups in total. The highest BCUT2D eigenvalue weighted by molar-refractivity contribution is 5.72. The summed E-state index contributed by atoms with van der Waals surface area (Å²) in [6, 6.07) is 19.4. The molecule has 0 heteroatoms. The Balaban J connectivity index is 0.000000238. The molecule has 1 aliphatic carbocycles. The first-order valence-electron chi connectivity index (χ1n) is 12.0. The van der Waals surface area contributed by atoms with Gasteiger partial charge in [0.1, 0.15) is 0 Å². The van der Waals surface area contributed by atoms with E-state index in [9.17, 15) is 0 Å². The summed E-state index contributed by atoms with van der Waals surface area (Å²) >= 11 is 0. The second-order valence-corrected chi connectivity index (χ2v) is 10.3. The first-order valence-corrected chi connectivity index (χ1v) is 12.0. The Bertz CT molecular complexity index is 711. The SMILES string of the molecule is CC(C)CC(C)C.CC(C)CC1=CCc2ccccc21.CC(C)Cc1ccccc1. The Morgan fingerprint density at radius 1 is 0.600 bits per heavy atom. The van der Waals surface area contributed by atoms with E-state index in [1.807, 2.05) is 0 Å². The van der Waals surface area contributed by atoms with Gasteiger partial charge in [-0.3, -0.25) is 0 Å². The van der Waals surface area contributed by atoms with E-state index in [0.29, 0.717) is 0 Å². The van der Waals surface area contributed by atoms with Gasteiger partial charge >= 0.3 is 0 Å². The molecule has 0 fully saturated rings. The predicted molar refractivity (Wildman–Crippen MR) is 137 cm³/mol. The fraction of sp³-hybridized carbons (Fsp3) is 0.533. The van der Waals surface area contributed by atoms with Gasteiger partial charge in [-0.15, -0.1) is 0 Å². The smallest absolute Gasteiger partial charge is 0.00854 e. The van der Waals surface area contributed by atoms with Crippen LogP contribution in [0.5, 0.6) is 0 Å². The molecule has 0 aromatic heterocycles. The van der Waals surface area contributed by atoms with Gasteiger partial charge in [0, 0.05) is 0 Å². The first kappa shape index (κ1) is 26.2. The minimum Gasteiger partial charge on any atom is -0.0763 e. The van der Waals surface area contributed by atoms with Crippen LogP contribution >= 0.6 is 0 Å². The molecule has 166 valence electrons. The number of benzene rings is 2. The van der Waals surface area contributed by atoms with Gasteiger partial charge in [-0.05, 0) is 71.6 Å². The fourth-order valence-electron chi connectivity index (χ4n) is 4.02. The van der Waals surface area contributed by atoms with Gasteiger partial charge in [0.25, 0.3) is 0 Å². The van der Waals surface area contributed by atoms with Crippen molar-refractivity contribution in [3.8, 4) is 0 Å². The molecule has 0 nitrogen and oxygen atoms in total. The van der Waals surface area contributed by atoms with Crippen molar-refractivity contribution < 1.29 is 0 Å². The van der Waals surface area contributed by atoms with E-state index < -0.39 is 0 Å². The minimum atomic E-state index is 0.761. The van der Waals surface area contributed by atoms with Crippen LogP contribution in [0.1, 0.15) is 84.9 Å². The van der Waals surface area contributed by atoms with E-state index in [0.717, 1.165) is 30.1 Å². The number of fused-ring (bicyclic) bond motifs is 1. The zero-order chi connectivity index (χ0) is 22.5. The maximum Gasteiger partial charge on any atom is -0.00854 e. The van der Waals surface area contributed by atoms with Gasteiger partial charge in [-0.25, -0.2) is 0 Å². The Kier molecular flexibility index (Phi) is 12.4. The van der Waals surface area contributed by atoms with Crippen LogP contribution in [0.3, 0.4) is 0 Å². The average molecular weight is 407 g/mol. The van der Waals surface area contributed by atoms with Crippen molar-refractivity contribution in [2.45, 2.75) is 81.1 Å². The van der Waals surface area contributed by atoms with Crippen molar-refractivity contribution >= 4 is 5.57 Å². The molecule has 0 saturated carbocycles. The molecule has 0 heterocycles. The maximum atomic E-state index is 2.38. The summed E-state index contributed by atoms with van der Waals surface area (Å²) in [6.07, 6.45) is 7.29. The zero-order valence-electron chi connectivity index (χ0n) is 20.9. The van der Waals surface area contributed by atoms with Crippen molar-refractivity contribution in [2.75, 3.05) is 0 Å². The highest BCUT2D eigenvalue weighted by atomic mass is 14.2. The van der Waals surface area contributed by atoms with Gasteiger partial charge in [0.05, 0.1) is 0 Å². The number of allylic oxidation sites excluding steroid dienone is 2. The van der Waals surface area contributed by atoms with Gasteiger partial charge < -0.3 is 0 Å². The summed E-state index contributed by atoms with van der Waals surface area (Å²) in [5.41, 5.74) is 5.97. The van der Waals surface area contributed by atoms with Crippen molar-refractivity contribution in [3.05, 3.63) is 77.4 Å². The largest absolute Gasteiger partial charge is 0.0763 e. The van der Waals surface area contributed by atoms with Crippen molar-refractivity contribution in [1.29, 1.82) is 0 Å². The van der Waals surface area contributed by atoms with Crippen LogP contribution in [0.25, 0.3) is 5.57 Å². The molecular weight excluding hydrogens is 360 g/mol. The van der Waals surface area contributed by atoms with Crippen LogP contribution in [-0.2, 0) is 12.8 Å². The fourth-order valence-corrected chi connectivity index (χ4v) is 4.02. The van der Waals surface area contributed by atoms with Crippen LogP contribution in [0.15, 0.2) is 60.7 Å². The number of hydrogen-bond acceptors (Lipinski definition) is 0. The third kappa shape index (κ3) is 11.4. The third-order valence-electron chi connectivity index (χ3n) is 4.99. The molecule has 0 radical (unpaired) electrons. The lowest BCUT2D eigenvalue weighted by molar-refractivity contribution is 0.469. The van der Waals surface area contributed by atoms with Gasteiger partial charge in [-0.2, -0.15) is 0 Å². The highest BCUT2D eigenvalue weighted by Gasteiger charge is 2.13. The van der Waals surface area contributed by atoms with Gasteiger partial charge in [0.2, 0.25) is 0 Å². The molecule has 0 unspecified atom stereocenters. The Morgan fingerprint density at radius 3 is 1.63 bits per heavy atom. The Morgan fingerprint density at radius 2 is 1.13 bits per heavy atom. The van der Waals surface area contributed by atoms with Gasteiger partial charge in [0.15, 0.2) is 0 Å². The zero-order valence-corrected chi connectivity index (χ0v) is 20.9. The highest BCUT2D eigenvalue weighted by Crippen LogP contribution is 2.31. The van der Waals surface area contributed by atoms with E-state index in [2.05, 4.69) is 116 Å². The summed E-state index contributed by atoms with van der Waals surface area (Å²) in [5, 5.41) is 0. The second-order valence-electron chi connectivity index (χ2n) is 10.3. The monoisotopic (exact) mass is 406 g/mol. The molecule has 2 aromatic rings. The lowest BCUT2D eigenvalue weighted by atomic mass is 9.98. The van der Waals surface area contributed by atoms with E-state index in [-0.39, 0.29) is 0 Å². The van der Waals surface area contributed by atoms with Crippen LogP contribution in [0.4, 0.5) is 0 Å². The summed E-state index contributed by atoms with van der Waals surface area (Å²) in [6.45, 7) is 18.1. The van der Waals surface area contributed by atoms with E-state index in [1.165, 1.54) is 36.0 Å². The van der Waals surface area contributed by atoms with Crippen LogP contribution in [-0.4, -0.2) is 0 Å². The van der Waals surface area contributed by atoms with E-state index in [1.54, 1.807) is 5.57 Å². The molecule has 0 saturated heterocycles. The predicted octanol–water partition coefficient (Wildman–Crippen LogP) is 9.25. The van der Waals surface area contributed by atoms with E-state index in [4.69, 9.17) is 0 Å². The van der Waals surface area contributed by atoms with Crippen molar-refractivity contribution in [1.82, 2.24) is 0 Å². The topological polar surface area (TPSA) is 0 Å². The Hall–Kier alpha value is -1.82. The lowest BCUT2D eigenvalue weighted by Crippen LogP contribution is -1.93. The molecule has 0 aliphatic heterocycles. The van der Waals surface area contributed by atoms with Crippen LogP contribution < -0.4 is 0 Å². The number of hydrogen-bond donors (Lipinski definition) is 0. The molecule has 0 atom stereocenters. The van der Waals surface area contributed by atoms with Crippen molar-refractivity contribution in [2.24, 2.45) is 23.7 Å². The maximum absolute atomic E-state index is 2.38. The molecule has 30 heavy (non-hydrogen) atoms. The van der Waals surface area contributed by atoms with Crippen LogP contribution in [0.2, 0.25) is 0 Å². The Labute approximate surface area is 187 Å². The lowest BCUT2D eigenvalue weighted by Gasteiger charge is -2.07. The molecule has 1 aliphatic rings. The summed E-state index contributed by atoms with van der Waals surface area (Å²) < 4.78 is 0. The number of rotatable bonds is 6. The van der Waals surface area contributed by atoms with E-state index >= 15 is 0 Å². The van der Waals surface area contributed by atoms with Gasteiger partial charge in [-0.1, -0.05) is 116 Å². The second kappa shape index (κ2) is 14.2. The molecular formula is C30H46. The molecule has 2 aromatic carbocycles. The summed E-state index contributed by atoms with van der Waals surface area (Å²) in [7, 11) is 0. The quantitative estimate of drug-likeness (QED) is 0.448. The molecule has 0 bridgehead atoms. The normalized spacial score (nSPS) is 12.3. The standard InChI is InChI=1S/C13H16.C10H14.C7H16/c1-10(2)9-12-8-7-11-5-3-4-6-13(11)12;1-9(2)8-10-6-4-3-5-7-10;1-6(2)5-7(3)4/h3-6,8,10H,7,9H2,1-2H3;3-7,9H,8H2,1-2H3;6-7H,5H2,1-4H3. The minimum absolute atomic E-state index is 0.761. The third-order valence-corrected chi connectivity index (χ3v) is 4.99. The average Bonchev–Trinajstić information content (AvgIpc) is 3.04. The van der Waals surface area contributed by atoms with Crippen LogP contribution in [0, 0.1) is 23.7 Å². The summed E-state index contributed by atoms with van der Waals surface area (Å²) in [4.78, 5) is 0. The molecule has 0 spiro atoms. The first-order chi connectivity index (χ1) is 14.2. The molecule has 3 rings (SSSR count). The van der Waals surface area contributed by atoms with Crippen molar-refractivity contribution in [3.63, 3.8) is 0 Å². The molecule has 0 amide bonds. The summed E-state index contributed by atoms with van der Waals surface area (Å²) in [5.74, 6) is 3.28.